The van der Waals surface area contributed by atoms with E-state index in [2.05, 4.69) is 185 Å². The number of hydrogen-bond acceptors (Lipinski definition) is 4. The van der Waals surface area contributed by atoms with Crippen molar-refractivity contribution in [3.63, 3.8) is 0 Å². The molecule has 0 aromatic heterocycles. The number of hydrogen-bond donors (Lipinski definition) is 0. The van der Waals surface area contributed by atoms with E-state index in [0.29, 0.717) is 34.2 Å². The lowest BCUT2D eigenvalue weighted by atomic mass is 9.66. The molecule has 4 aliphatic carbocycles. The second-order valence-electron chi connectivity index (χ2n) is 27.7. The number of halogens is 4. The van der Waals surface area contributed by atoms with Crippen molar-refractivity contribution in [3.05, 3.63) is 403 Å². The lowest BCUT2D eigenvalue weighted by Gasteiger charge is -2.36. The summed E-state index contributed by atoms with van der Waals surface area (Å²) in [6.07, 6.45) is 4.29. The monoisotopic (exact) mass is 1330 g/mol. The maximum absolute atomic E-state index is 16.8. The molecule has 0 radical (unpaired) electrons. The molecular weight excluding hydrogens is 1270 g/mol. The maximum Gasteiger partial charge on any atom is 0.150 e. The molecule has 14 aromatic rings. The third-order valence-corrected chi connectivity index (χ3v) is 21.8. The number of rotatable bonds is 15. The Morgan fingerprint density at radius 1 is 0.275 bits per heavy atom. The van der Waals surface area contributed by atoms with Gasteiger partial charge in [-0.3, -0.25) is 0 Å². The maximum atomic E-state index is 16.8. The van der Waals surface area contributed by atoms with Crippen molar-refractivity contribution in [2.75, 3.05) is 9.80 Å². The molecule has 0 aliphatic heterocycles. The van der Waals surface area contributed by atoms with Crippen LogP contribution in [0, 0.1) is 51.0 Å². The highest BCUT2D eigenvalue weighted by molar-refractivity contribution is 5.93. The average molecular weight is 1330 g/mol. The minimum Gasteiger partial charge on any atom is -0.457 e. The smallest absolute Gasteiger partial charge is 0.150 e. The molecule has 4 aliphatic rings. The van der Waals surface area contributed by atoms with Gasteiger partial charge in [0.1, 0.15) is 57.6 Å². The van der Waals surface area contributed by atoms with Crippen LogP contribution in [-0.2, 0) is 36.5 Å². The summed E-state index contributed by atoms with van der Waals surface area (Å²) in [7, 11) is 0. The first-order valence-electron chi connectivity index (χ1n) is 34.9. The van der Waals surface area contributed by atoms with E-state index in [4.69, 9.17) is 9.47 Å². The minimum absolute atomic E-state index is 0.222. The van der Waals surface area contributed by atoms with Crippen LogP contribution in [0.1, 0.15) is 89.0 Å². The predicted octanol–water partition coefficient (Wildman–Crippen LogP) is 24.6. The van der Waals surface area contributed by atoms with E-state index in [1.165, 1.54) is 58.7 Å². The Kier molecular flexibility index (Phi) is 14.9. The topological polar surface area (TPSA) is 24.9 Å². The molecule has 0 amide bonds. The SMILES string of the molecule is Cc1ccc(C)c(C2(c3ccc(Oc4ccc5c(c4)CC5)cc3)c3ccccc3-c3ccc(N(c4ccc(-c5ccc(N(c6ccc7c(c6)C(c6ccc(Oc8ccc9c(c8)CC9)cc6)(c6cc(C)ccc6C)c6ccccc6-7)c6c(F)cccc6F)cc5)cc4)c4c(F)cccc4F)cc32)c1. The molecule has 8 heteroatoms. The largest absolute Gasteiger partial charge is 0.457 e. The fourth-order valence-corrected chi connectivity index (χ4v) is 16.7. The summed E-state index contributed by atoms with van der Waals surface area (Å²) in [4.78, 5) is 3.34. The highest BCUT2D eigenvalue weighted by atomic mass is 19.1. The Labute approximate surface area is 591 Å². The van der Waals surface area contributed by atoms with Crippen LogP contribution in [0.15, 0.2) is 291 Å². The molecule has 4 nitrogen and oxygen atoms in total. The van der Waals surface area contributed by atoms with Gasteiger partial charge in [0, 0.05) is 22.7 Å². The van der Waals surface area contributed by atoms with E-state index in [0.717, 1.165) is 137 Å². The van der Waals surface area contributed by atoms with Crippen molar-refractivity contribution < 1.29 is 27.0 Å². The van der Waals surface area contributed by atoms with E-state index in [1.807, 2.05) is 97.1 Å². The number of benzene rings is 14. The Morgan fingerprint density at radius 2 is 0.627 bits per heavy atom. The van der Waals surface area contributed by atoms with Crippen molar-refractivity contribution in [2.24, 2.45) is 0 Å². The molecule has 102 heavy (non-hydrogen) atoms. The molecular formula is C94H68F4N2O2. The van der Waals surface area contributed by atoms with E-state index < -0.39 is 34.1 Å². The molecule has 2 unspecified atom stereocenters. The first-order valence-corrected chi connectivity index (χ1v) is 34.9. The van der Waals surface area contributed by atoms with Gasteiger partial charge in [0.15, 0.2) is 0 Å². The second kappa shape index (κ2) is 24.4. The zero-order chi connectivity index (χ0) is 69.1. The van der Waals surface area contributed by atoms with Crippen LogP contribution in [0.2, 0.25) is 0 Å². The van der Waals surface area contributed by atoms with Gasteiger partial charge >= 0.3 is 0 Å². The van der Waals surface area contributed by atoms with Crippen molar-refractivity contribution in [1.82, 2.24) is 0 Å². The van der Waals surface area contributed by atoms with E-state index in [1.54, 1.807) is 9.80 Å². The van der Waals surface area contributed by atoms with E-state index in [9.17, 15) is 0 Å². The number of fused-ring (bicyclic) bond motifs is 8. The molecule has 18 rings (SSSR count). The zero-order valence-corrected chi connectivity index (χ0v) is 56.8. The molecule has 0 bridgehead atoms. The van der Waals surface area contributed by atoms with Gasteiger partial charge in [0.05, 0.1) is 10.8 Å². The van der Waals surface area contributed by atoms with Crippen LogP contribution in [0.3, 0.4) is 0 Å². The molecule has 0 saturated heterocycles. The quantitative estimate of drug-likeness (QED) is 0.0955. The fraction of sp³-hybridized carbons (Fsp3) is 0.106. The van der Waals surface area contributed by atoms with Gasteiger partial charge in [0.25, 0.3) is 0 Å². The van der Waals surface area contributed by atoms with Crippen molar-refractivity contribution >= 4 is 34.1 Å². The third kappa shape index (κ3) is 10.0. The molecule has 0 N–H and O–H groups in total. The number of ether oxygens (including phenoxy) is 2. The number of para-hydroxylation sites is 2. The molecule has 494 valence electrons. The highest BCUT2D eigenvalue weighted by Crippen LogP contribution is 2.61. The first kappa shape index (κ1) is 62.3. The summed E-state index contributed by atoms with van der Waals surface area (Å²) in [6, 6.07) is 95.1. The van der Waals surface area contributed by atoms with Crippen LogP contribution in [0.5, 0.6) is 23.0 Å². The van der Waals surface area contributed by atoms with Gasteiger partial charge in [0.2, 0.25) is 0 Å². The number of anilines is 6. The van der Waals surface area contributed by atoms with Crippen LogP contribution in [-0.4, -0.2) is 0 Å². The Balaban J connectivity index is 0.729. The fourth-order valence-electron chi connectivity index (χ4n) is 16.7. The van der Waals surface area contributed by atoms with Crippen LogP contribution in [0.4, 0.5) is 51.7 Å². The van der Waals surface area contributed by atoms with Gasteiger partial charge in [-0.15, -0.1) is 0 Å². The normalized spacial score (nSPS) is 15.6. The summed E-state index contributed by atoms with van der Waals surface area (Å²) in [5.74, 6) is 0.135. The van der Waals surface area contributed by atoms with E-state index in [-0.39, 0.29) is 11.4 Å². The number of nitrogens with zero attached hydrogens (tertiary/aromatic N) is 2. The van der Waals surface area contributed by atoms with Crippen LogP contribution < -0.4 is 19.3 Å². The van der Waals surface area contributed by atoms with Gasteiger partial charge in [-0.1, -0.05) is 181 Å². The van der Waals surface area contributed by atoms with E-state index >= 15 is 17.6 Å². The van der Waals surface area contributed by atoms with Crippen LogP contribution >= 0.6 is 0 Å². The van der Waals surface area contributed by atoms with Gasteiger partial charge < -0.3 is 19.3 Å². The highest BCUT2D eigenvalue weighted by Gasteiger charge is 2.49. The lowest BCUT2D eigenvalue weighted by Crippen LogP contribution is -2.30. The standard InChI is InChI=1S/C94H68F4N2O2/c1-57-19-21-59(3)83(51-57)93(67-33-45-73(46-34-67)101-75-43-31-63-23-25-65(63)53-75)81-13-7-5-11-77(81)79-49-41-71(55-85(79)93)99(91-87(95)15-9-16-88(91)96)69-37-27-61(28-38-69)62-29-39-70(40-30-62)100(92-89(97)17-10-18-90(92)98)72-42-50-80-78-12-6-8-14-82(78)94(86(80)56-72,84-52-58(2)20-22-60(84)4)68-35-47-74(48-36-68)102-76-44-32-64-24-26-66(64)54-76/h5-22,27-56H,23-26H2,1-4H3. The number of aryl methyl sites for hydroxylation is 8. The lowest BCUT2D eigenvalue weighted by molar-refractivity contribution is 0.480. The summed E-state index contributed by atoms with van der Waals surface area (Å²) in [5.41, 5.74) is 23.8. The Hall–Kier alpha value is -12.0. The molecule has 0 spiro atoms. The third-order valence-electron chi connectivity index (χ3n) is 21.8. The van der Waals surface area contributed by atoms with Crippen molar-refractivity contribution in [1.29, 1.82) is 0 Å². The van der Waals surface area contributed by atoms with Gasteiger partial charge in [-0.25, -0.2) is 17.6 Å². The minimum atomic E-state index is -0.876. The Bertz CT molecular complexity index is 5320. The first-order chi connectivity index (χ1) is 49.8. The zero-order valence-electron chi connectivity index (χ0n) is 56.8. The summed E-state index contributed by atoms with van der Waals surface area (Å²) in [5, 5.41) is 0. The van der Waals surface area contributed by atoms with Crippen LogP contribution in [0.25, 0.3) is 33.4 Å². The second-order valence-corrected chi connectivity index (χ2v) is 27.7. The Morgan fingerprint density at radius 3 is 1.00 bits per heavy atom. The summed E-state index contributed by atoms with van der Waals surface area (Å²) >= 11 is 0. The molecule has 0 fully saturated rings. The van der Waals surface area contributed by atoms with Gasteiger partial charge in [-0.2, -0.15) is 0 Å². The summed E-state index contributed by atoms with van der Waals surface area (Å²) < 4.78 is 80.3. The predicted molar refractivity (Wildman–Crippen MR) is 402 cm³/mol. The van der Waals surface area contributed by atoms with Gasteiger partial charge in [-0.05, 0) is 286 Å². The summed E-state index contributed by atoms with van der Waals surface area (Å²) in [6.45, 7) is 8.52. The van der Waals surface area contributed by atoms with Crippen molar-refractivity contribution in [3.8, 4) is 56.4 Å². The van der Waals surface area contributed by atoms with Crippen molar-refractivity contribution in [2.45, 2.75) is 64.2 Å². The molecule has 2 atom stereocenters. The molecule has 14 aromatic carbocycles. The molecule has 0 saturated carbocycles. The average Bonchev–Trinajstić information content (AvgIpc) is 1.53. The molecule has 0 heterocycles.